The number of rotatable bonds is 6. The molecule has 2 aromatic carbocycles. The normalized spacial score (nSPS) is 12.4. The Morgan fingerprint density at radius 3 is 2.38 bits per heavy atom. The van der Waals surface area contributed by atoms with Crippen molar-refractivity contribution < 1.29 is 0 Å². The van der Waals surface area contributed by atoms with E-state index in [4.69, 9.17) is 0 Å². The van der Waals surface area contributed by atoms with E-state index in [1.54, 1.807) is 0 Å². The van der Waals surface area contributed by atoms with Crippen molar-refractivity contribution in [1.29, 1.82) is 0 Å². The summed E-state index contributed by atoms with van der Waals surface area (Å²) in [6, 6.07) is 15.3. The molecule has 1 nitrogen and oxygen atoms in total. The molecule has 0 aromatic heterocycles. The summed E-state index contributed by atoms with van der Waals surface area (Å²) in [5, 5.41) is 3.57. The van der Waals surface area contributed by atoms with Crippen LogP contribution < -0.4 is 5.32 Å². The molecule has 1 atom stereocenters. The second-order valence-corrected chi connectivity index (χ2v) is 7.86. The first-order valence-electron chi connectivity index (χ1n) is 7.06. The summed E-state index contributed by atoms with van der Waals surface area (Å²) < 4.78 is 2.24. The molecule has 2 aromatic rings. The molecule has 0 saturated heterocycles. The van der Waals surface area contributed by atoms with E-state index in [9.17, 15) is 0 Å². The topological polar surface area (TPSA) is 12.0 Å². The van der Waals surface area contributed by atoms with Crippen LogP contribution in [0.4, 0.5) is 0 Å². The second-order valence-electron chi connectivity index (χ2n) is 4.91. The van der Waals surface area contributed by atoms with E-state index in [0.29, 0.717) is 6.04 Å². The molecule has 0 amide bonds. The van der Waals surface area contributed by atoms with Crippen molar-refractivity contribution in [2.75, 3.05) is 6.54 Å². The zero-order chi connectivity index (χ0) is 15.2. The number of hydrogen-bond donors (Lipinski definition) is 1. The largest absolute Gasteiger partial charge is 0.310 e. The van der Waals surface area contributed by atoms with Crippen LogP contribution in [0.1, 0.15) is 31.9 Å². The van der Waals surface area contributed by atoms with Crippen molar-refractivity contribution in [3.05, 3.63) is 57.0 Å². The molecule has 0 aliphatic rings. The fourth-order valence-electron chi connectivity index (χ4n) is 2.05. The fourth-order valence-corrected chi connectivity index (χ4v) is 3.71. The van der Waals surface area contributed by atoms with Crippen LogP contribution in [0.2, 0.25) is 0 Å². The Labute approximate surface area is 148 Å². The van der Waals surface area contributed by atoms with Crippen molar-refractivity contribution in [2.45, 2.75) is 36.1 Å². The van der Waals surface area contributed by atoms with E-state index in [2.05, 4.69) is 93.5 Å². The first-order chi connectivity index (χ1) is 10.1. The van der Waals surface area contributed by atoms with Gasteiger partial charge in [-0.05, 0) is 67.9 Å². The highest BCUT2D eigenvalue weighted by molar-refractivity contribution is 9.10. The van der Waals surface area contributed by atoms with Gasteiger partial charge < -0.3 is 5.32 Å². The molecule has 112 valence electrons. The van der Waals surface area contributed by atoms with Crippen LogP contribution in [0.3, 0.4) is 0 Å². The third-order valence-corrected chi connectivity index (χ3v) is 5.30. The van der Waals surface area contributed by atoms with Crippen molar-refractivity contribution in [3.8, 4) is 0 Å². The molecule has 0 radical (unpaired) electrons. The zero-order valence-corrected chi connectivity index (χ0v) is 16.2. The van der Waals surface area contributed by atoms with Crippen LogP contribution in [0.15, 0.2) is 61.2 Å². The SMILES string of the molecule is CCCNC(C)c1cc(Br)ccc1Sc1ccc(Br)cc1. The van der Waals surface area contributed by atoms with Crippen LogP contribution in [-0.2, 0) is 0 Å². The van der Waals surface area contributed by atoms with E-state index in [1.807, 2.05) is 11.8 Å². The third-order valence-electron chi connectivity index (χ3n) is 3.18. The summed E-state index contributed by atoms with van der Waals surface area (Å²) in [5.41, 5.74) is 1.34. The molecular weight excluding hydrogens is 410 g/mol. The summed E-state index contributed by atoms with van der Waals surface area (Å²) in [7, 11) is 0. The highest BCUT2D eigenvalue weighted by atomic mass is 79.9. The maximum absolute atomic E-state index is 3.58. The maximum atomic E-state index is 3.58. The average Bonchev–Trinajstić information content (AvgIpc) is 2.49. The Balaban J connectivity index is 2.23. The average molecular weight is 429 g/mol. The predicted molar refractivity (Wildman–Crippen MR) is 99.1 cm³/mol. The van der Waals surface area contributed by atoms with Gasteiger partial charge in [-0.3, -0.25) is 0 Å². The first kappa shape index (κ1) is 17.1. The Kier molecular flexibility index (Phi) is 6.80. The van der Waals surface area contributed by atoms with Gasteiger partial charge in [0.2, 0.25) is 0 Å². The quantitative estimate of drug-likeness (QED) is 0.569. The molecule has 0 bridgehead atoms. The number of benzene rings is 2. The first-order valence-corrected chi connectivity index (χ1v) is 9.46. The molecular formula is C17H19Br2NS. The summed E-state index contributed by atoms with van der Waals surface area (Å²) >= 11 is 8.88. The summed E-state index contributed by atoms with van der Waals surface area (Å²) in [5.74, 6) is 0. The van der Waals surface area contributed by atoms with Gasteiger partial charge in [0, 0.05) is 24.8 Å². The van der Waals surface area contributed by atoms with Crippen molar-refractivity contribution in [1.82, 2.24) is 5.32 Å². The lowest BCUT2D eigenvalue weighted by molar-refractivity contribution is 0.563. The molecule has 1 N–H and O–H groups in total. The van der Waals surface area contributed by atoms with Gasteiger partial charge in [-0.2, -0.15) is 0 Å². The van der Waals surface area contributed by atoms with Gasteiger partial charge in [0.1, 0.15) is 0 Å². The van der Waals surface area contributed by atoms with Crippen LogP contribution >= 0.6 is 43.6 Å². The molecule has 21 heavy (non-hydrogen) atoms. The highest BCUT2D eigenvalue weighted by Gasteiger charge is 2.12. The lowest BCUT2D eigenvalue weighted by atomic mass is 10.1. The third kappa shape index (κ3) is 5.13. The minimum atomic E-state index is 0.348. The Bertz CT molecular complexity index is 584. The fraction of sp³-hybridized carbons (Fsp3) is 0.294. The lowest BCUT2D eigenvalue weighted by Gasteiger charge is -2.18. The van der Waals surface area contributed by atoms with E-state index >= 15 is 0 Å². The van der Waals surface area contributed by atoms with E-state index < -0.39 is 0 Å². The summed E-state index contributed by atoms with van der Waals surface area (Å²) in [4.78, 5) is 2.56. The smallest absolute Gasteiger partial charge is 0.0303 e. The monoisotopic (exact) mass is 427 g/mol. The molecule has 0 saturated carbocycles. The summed E-state index contributed by atoms with van der Waals surface area (Å²) in [6.45, 7) is 5.46. The van der Waals surface area contributed by atoms with Crippen LogP contribution in [0.25, 0.3) is 0 Å². The lowest BCUT2D eigenvalue weighted by Crippen LogP contribution is -2.19. The maximum Gasteiger partial charge on any atom is 0.0303 e. The number of nitrogens with one attached hydrogen (secondary N) is 1. The standard InChI is InChI=1S/C17H19Br2NS/c1-3-10-20-12(2)16-11-14(19)6-9-17(16)21-15-7-4-13(18)5-8-15/h4-9,11-12,20H,3,10H2,1-2H3. The van der Waals surface area contributed by atoms with Crippen LogP contribution in [0, 0.1) is 0 Å². The van der Waals surface area contributed by atoms with Gasteiger partial charge in [0.15, 0.2) is 0 Å². The van der Waals surface area contributed by atoms with Gasteiger partial charge in [0.25, 0.3) is 0 Å². The van der Waals surface area contributed by atoms with Crippen molar-refractivity contribution in [3.63, 3.8) is 0 Å². The van der Waals surface area contributed by atoms with Gasteiger partial charge in [0.05, 0.1) is 0 Å². The molecule has 2 rings (SSSR count). The molecule has 0 heterocycles. The van der Waals surface area contributed by atoms with E-state index in [-0.39, 0.29) is 0 Å². The van der Waals surface area contributed by atoms with Gasteiger partial charge in [-0.15, -0.1) is 0 Å². The van der Waals surface area contributed by atoms with E-state index in [0.717, 1.165) is 21.9 Å². The molecule has 0 spiro atoms. The summed E-state index contributed by atoms with van der Waals surface area (Å²) in [6.07, 6.45) is 1.15. The van der Waals surface area contributed by atoms with Crippen LogP contribution in [0.5, 0.6) is 0 Å². The second kappa shape index (κ2) is 8.37. The Morgan fingerprint density at radius 1 is 1.05 bits per heavy atom. The number of halogens is 2. The predicted octanol–water partition coefficient (Wildman–Crippen LogP) is 6.42. The Hall–Kier alpha value is -0.290. The minimum absolute atomic E-state index is 0.348. The molecule has 0 aliphatic heterocycles. The van der Waals surface area contributed by atoms with Crippen molar-refractivity contribution >= 4 is 43.6 Å². The van der Waals surface area contributed by atoms with Crippen molar-refractivity contribution in [2.24, 2.45) is 0 Å². The molecule has 4 heteroatoms. The van der Waals surface area contributed by atoms with Gasteiger partial charge in [-0.1, -0.05) is 50.5 Å². The van der Waals surface area contributed by atoms with E-state index in [1.165, 1.54) is 15.4 Å². The molecule has 0 fully saturated rings. The molecule has 0 aliphatic carbocycles. The minimum Gasteiger partial charge on any atom is -0.310 e. The Morgan fingerprint density at radius 2 is 1.71 bits per heavy atom. The zero-order valence-electron chi connectivity index (χ0n) is 12.2. The highest BCUT2D eigenvalue weighted by Crippen LogP contribution is 2.35. The number of hydrogen-bond acceptors (Lipinski definition) is 2. The molecule has 1 unspecified atom stereocenters. The van der Waals surface area contributed by atoms with Gasteiger partial charge >= 0.3 is 0 Å². The van der Waals surface area contributed by atoms with Gasteiger partial charge in [-0.25, -0.2) is 0 Å². The van der Waals surface area contributed by atoms with Crippen LogP contribution in [-0.4, -0.2) is 6.54 Å².